The summed E-state index contributed by atoms with van der Waals surface area (Å²) in [4.78, 5) is 2.22. The highest BCUT2D eigenvalue weighted by Crippen LogP contribution is 2.21. The van der Waals surface area contributed by atoms with Crippen LogP contribution >= 0.6 is 0 Å². The van der Waals surface area contributed by atoms with Gasteiger partial charge in [-0.3, -0.25) is 0 Å². The second-order valence-electron chi connectivity index (χ2n) is 6.50. The lowest BCUT2D eigenvalue weighted by Gasteiger charge is -2.21. The van der Waals surface area contributed by atoms with Crippen molar-refractivity contribution in [2.45, 2.75) is 27.7 Å². The summed E-state index contributed by atoms with van der Waals surface area (Å²) in [7, 11) is 4.22. The van der Waals surface area contributed by atoms with Gasteiger partial charge in [-0.15, -0.1) is 0 Å². The van der Waals surface area contributed by atoms with Gasteiger partial charge < -0.3 is 4.90 Å². The van der Waals surface area contributed by atoms with Gasteiger partial charge in [0.15, 0.2) is 5.71 Å². The Hall–Kier alpha value is -2.61. The SMILES string of the molecule is C\C(=C/C=C/C(C)=[N+](\C)c1ccccc1C)N(C)c1ccccc1C. The molecular formula is C23H29N2+. The van der Waals surface area contributed by atoms with E-state index >= 15 is 0 Å². The van der Waals surface area contributed by atoms with Crippen molar-refractivity contribution in [2.24, 2.45) is 0 Å². The average molecular weight is 333 g/mol. The first-order valence-electron chi connectivity index (χ1n) is 8.69. The van der Waals surface area contributed by atoms with Crippen molar-refractivity contribution in [2.75, 3.05) is 19.0 Å². The molecule has 2 rings (SSSR count). The van der Waals surface area contributed by atoms with Gasteiger partial charge in [0, 0.05) is 43.1 Å². The van der Waals surface area contributed by atoms with Crippen molar-refractivity contribution in [3.8, 4) is 0 Å². The van der Waals surface area contributed by atoms with Crippen LogP contribution in [0.3, 0.4) is 0 Å². The molecule has 0 radical (unpaired) electrons. The third-order valence-electron chi connectivity index (χ3n) is 4.69. The molecule has 0 saturated heterocycles. The van der Waals surface area contributed by atoms with E-state index in [1.54, 1.807) is 0 Å². The zero-order valence-electron chi connectivity index (χ0n) is 16.2. The van der Waals surface area contributed by atoms with Crippen LogP contribution in [0.2, 0.25) is 0 Å². The summed E-state index contributed by atoms with van der Waals surface area (Å²) < 4.78 is 2.22. The fraction of sp³-hybridized carbons (Fsp3) is 0.261. The van der Waals surface area contributed by atoms with Crippen molar-refractivity contribution in [3.05, 3.63) is 83.6 Å². The molecule has 0 aromatic heterocycles. The maximum atomic E-state index is 2.22. The van der Waals surface area contributed by atoms with Crippen molar-refractivity contribution in [1.29, 1.82) is 0 Å². The smallest absolute Gasteiger partial charge is 0.208 e. The van der Waals surface area contributed by atoms with Gasteiger partial charge in [-0.05, 0) is 38.5 Å². The second kappa shape index (κ2) is 8.48. The Kier molecular flexibility index (Phi) is 6.35. The van der Waals surface area contributed by atoms with Gasteiger partial charge in [0.2, 0.25) is 5.69 Å². The summed E-state index contributed by atoms with van der Waals surface area (Å²) in [6.45, 7) is 8.56. The zero-order chi connectivity index (χ0) is 18.4. The van der Waals surface area contributed by atoms with Gasteiger partial charge in [0.05, 0.1) is 0 Å². The summed E-state index contributed by atoms with van der Waals surface area (Å²) in [5, 5.41) is 0. The minimum Gasteiger partial charge on any atom is -0.348 e. The monoisotopic (exact) mass is 333 g/mol. The van der Waals surface area contributed by atoms with Crippen LogP contribution < -0.4 is 4.90 Å². The second-order valence-corrected chi connectivity index (χ2v) is 6.50. The molecule has 0 unspecified atom stereocenters. The van der Waals surface area contributed by atoms with Crippen LogP contribution in [0.5, 0.6) is 0 Å². The lowest BCUT2D eigenvalue weighted by atomic mass is 10.1. The normalized spacial score (nSPS) is 13.1. The Morgan fingerprint density at radius 3 is 2.16 bits per heavy atom. The predicted octanol–water partition coefficient (Wildman–Crippen LogP) is 5.63. The third kappa shape index (κ3) is 4.69. The van der Waals surface area contributed by atoms with Gasteiger partial charge in [-0.1, -0.05) is 42.5 Å². The summed E-state index contributed by atoms with van der Waals surface area (Å²) >= 11 is 0. The fourth-order valence-corrected chi connectivity index (χ4v) is 2.81. The van der Waals surface area contributed by atoms with Crippen LogP contribution in [-0.4, -0.2) is 24.4 Å². The van der Waals surface area contributed by atoms with Crippen molar-refractivity contribution < 1.29 is 4.58 Å². The van der Waals surface area contributed by atoms with E-state index in [0.29, 0.717) is 0 Å². The molecule has 0 saturated carbocycles. The minimum atomic E-state index is 1.21. The van der Waals surface area contributed by atoms with Crippen LogP contribution in [0, 0.1) is 13.8 Å². The van der Waals surface area contributed by atoms with E-state index in [4.69, 9.17) is 0 Å². The summed E-state index contributed by atoms with van der Waals surface area (Å²) in [6, 6.07) is 16.9. The molecule has 2 aromatic rings. The van der Waals surface area contributed by atoms with Gasteiger partial charge in [0.1, 0.15) is 7.05 Å². The summed E-state index contributed by atoms with van der Waals surface area (Å²) in [5.74, 6) is 0. The molecule has 0 aliphatic carbocycles. The molecule has 0 atom stereocenters. The van der Waals surface area contributed by atoms with Crippen LogP contribution in [0.1, 0.15) is 25.0 Å². The lowest BCUT2D eigenvalue weighted by Crippen LogP contribution is -2.15. The number of aryl methyl sites for hydroxylation is 2. The molecule has 0 spiro atoms. The molecule has 2 nitrogen and oxygen atoms in total. The maximum absolute atomic E-state index is 2.22. The standard InChI is InChI=1S/C23H29N2/c1-18-12-7-9-16-22(18)24(5)20(3)14-11-15-21(4)25(6)23-17-10-8-13-19(23)2/h7-17H,1-6H3/q+1. The summed E-state index contributed by atoms with van der Waals surface area (Å²) in [6.07, 6.45) is 6.43. The van der Waals surface area contributed by atoms with E-state index in [9.17, 15) is 0 Å². The van der Waals surface area contributed by atoms with Crippen molar-refractivity contribution in [3.63, 3.8) is 0 Å². The Bertz CT molecular complexity index is 825. The first-order valence-corrected chi connectivity index (χ1v) is 8.69. The number of hydrogen-bond acceptors (Lipinski definition) is 1. The topological polar surface area (TPSA) is 6.25 Å². The molecule has 2 heteroatoms. The number of allylic oxidation sites excluding steroid dienone is 4. The first kappa shape index (κ1) is 18.7. The molecule has 130 valence electrons. The Morgan fingerprint density at radius 1 is 0.920 bits per heavy atom. The Labute approximate surface area is 152 Å². The number of para-hydroxylation sites is 2. The van der Waals surface area contributed by atoms with Crippen molar-refractivity contribution in [1.82, 2.24) is 0 Å². The van der Waals surface area contributed by atoms with Gasteiger partial charge in [0.25, 0.3) is 0 Å². The van der Waals surface area contributed by atoms with Crippen LogP contribution in [0.4, 0.5) is 11.4 Å². The Morgan fingerprint density at radius 2 is 1.52 bits per heavy atom. The first-order chi connectivity index (χ1) is 11.9. The molecular weight excluding hydrogens is 304 g/mol. The predicted molar refractivity (Wildman–Crippen MR) is 110 cm³/mol. The molecule has 25 heavy (non-hydrogen) atoms. The van der Waals surface area contributed by atoms with E-state index in [1.165, 1.54) is 33.9 Å². The van der Waals surface area contributed by atoms with E-state index in [-0.39, 0.29) is 0 Å². The molecule has 0 N–H and O–H groups in total. The Balaban J connectivity index is 2.18. The molecule has 0 heterocycles. The van der Waals surface area contributed by atoms with Crippen LogP contribution in [-0.2, 0) is 0 Å². The largest absolute Gasteiger partial charge is 0.348 e. The van der Waals surface area contributed by atoms with Gasteiger partial charge in [-0.25, -0.2) is 0 Å². The van der Waals surface area contributed by atoms with Gasteiger partial charge in [-0.2, -0.15) is 4.58 Å². The number of benzene rings is 2. The molecule has 0 aliphatic rings. The number of rotatable bonds is 5. The molecule has 0 aliphatic heterocycles. The highest BCUT2D eigenvalue weighted by Gasteiger charge is 2.09. The van der Waals surface area contributed by atoms with Crippen molar-refractivity contribution >= 4 is 17.1 Å². The average Bonchev–Trinajstić information content (AvgIpc) is 2.61. The molecule has 2 aromatic carbocycles. The fourth-order valence-electron chi connectivity index (χ4n) is 2.81. The van der Waals surface area contributed by atoms with Gasteiger partial charge >= 0.3 is 0 Å². The highest BCUT2D eigenvalue weighted by atomic mass is 15.1. The van der Waals surface area contributed by atoms with E-state index in [0.717, 1.165) is 0 Å². The molecule has 0 fully saturated rings. The zero-order valence-corrected chi connectivity index (χ0v) is 16.2. The van der Waals surface area contributed by atoms with E-state index in [1.807, 2.05) is 0 Å². The lowest BCUT2D eigenvalue weighted by molar-refractivity contribution is -0.405. The number of nitrogens with zero attached hydrogens (tertiary/aromatic N) is 2. The van der Waals surface area contributed by atoms with E-state index < -0.39 is 0 Å². The highest BCUT2D eigenvalue weighted by molar-refractivity contribution is 5.89. The third-order valence-corrected chi connectivity index (χ3v) is 4.69. The van der Waals surface area contributed by atoms with E-state index in [2.05, 4.69) is 118 Å². The quantitative estimate of drug-likeness (QED) is 0.390. The molecule has 0 bridgehead atoms. The van der Waals surface area contributed by atoms with Crippen LogP contribution in [0.15, 0.2) is 72.5 Å². The van der Waals surface area contributed by atoms with Crippen LogP contribution in [0.25, 0.3) is 0 Å². The summed E-state index contributed by atoms with van der Waals surface area (Å²) in [5.41, 5.74) is 7.45. The number of anilines is 1. The maximum Gasteiger partial charge on any atom is 0.208 e. The number of hydrogen-bond donors (Lipinski definition) is 0. The minimum absolute atomic E-state index is 1.21. The molecule has 0 amide bonds.